The fraction of sp³-hybridized carbons (Fsp3) is 0.143. The third-order valence-electron chi connectivity index (χ3n) is 1.14. The number of hydrogen-bond acceptors (Lipinski definition) is 2. The van der Waals surface area contributed by atoms with E-state index in [-0.39, 0.29) is 0 Å². The van der Waals surface area contributed by atoms with Crippen LogP contribution >= 0.6 is 0 Å². The summed E-state index contributed by atoms with van der Waals surface area (Å²) in [5.74, 6) is -1.77. The summed E-state index contributed by atoms with van der Waals surface area (Å²) in [6, 6.07) is 3.41. The Hall–Kier alpha value is -1.16. The highest BCUT2D eigenvalue weighted by Gasteiger charge is 2.00. The van der Waals surface area contributed by atoms with E-state index in [0.29, 0.717) is 5.69 Å². The van der Waals surface area contributed by atoms with Gasteiger partial charge in [-0.05, 0) is 12.1 Å². The molecule has 0 aliphatic rings. The summed E-state index contributed by atoms with van der Waals surface area (Å²) in [5.41, 5.74) is 2.75. The van der Waals surface area contributed by atoms with Gasteiger partial charge in [-0.2, -0.15) is 0 Å². The first-order valence-corrected chi connectivity index (χ1v) is 2.98. The number of nitrogens with one attached hydrogen (secondary N) is 1. The quantitative estimate of drug-likeness (QED) is 0.666. The SMILES string of the molecule is CONc1ccc(F)c(F)c1. The van der Waals surface area contributed by atoms with Crippen LogP contribution in [0.1, 0.15) is 0 Å². The lowest BCUT2D eigenvalue weighted by atomic mass is 10.3. The van der Waals surface area contributed by atoms with E-state index in [4.69, 9.17) is 0 Å². The lowest BCUT2D eigenvalue weighted by Crippen LogP contribution is -1.96. The maximum Gasteiger partial charge on any atom is 0.160 e. The molecule has 0 unspecified atom stereocenters. The van der Waals surface area contributed by atoms with Crippen LogP contribution in [0.5, 0.6) is 0 Å². The standard InChI is InChI=1S/C7H7F2NO/c1-11-10-5-2-3-6(8)7(9)4-5/h2-4,10H,1H3. The zero-order chi connectivity index (χ0) is 8.27. The molecule has 0 aromatic heterocycles. The van der Waals surface area contributed by atoms with Crippen LogP contribution in [-0.4, -0.2) is 7.11 Å². The Morgan fingerprint density at radius 3 is 2.55 bits per heavy atom. The second kappa shape index (κ2) is 3.30. The van der Waals surface area contributed by atoms with Gasteiger partial charge in [-0.1, -0.05) is 0 Å². The molecule has 1 rings (SSSR count). The molecule has 1 aromatic rings. The van der Waals surface area contributed by atoms with Crippen LogP contribution in [0.15, 0.2) is 18.2 Å². The minimum atomic E-state index is -0.896. The first kappa shape index (κ1) is 7.94. The molecule has 11 heavy (non-hydrogen) atoms. The summed E-state index contributed by atoms with van der Waals surface area (Å²) < 4.78 is 24.7. The second-order valence-corrected chi connectivity index (χ2v) is 1.94. The van der Waals surface area contributed by atoms with Crippen molar-refractivity contribution in [1.82, 2.24) is 0 Å². The molecule has 1 N–H and O–H groups in total. The molecule has 0 spiro atoms. The van der Waals surface area contributed by atoms with Crippen molar-refractivity contribution in [3.63, 3.8) is 0 Å². The van der Waals surface area contributed by atoms with Gasteiger partial charge in [-0.15, -0.1) is 0 Å². The highest BCUT2D eigenvalue weighted by molar-refractivity contribution is 5.41. The van der Waals surface area contributed by atoms with Crippen molar-refractivity contribution in [2.45, 2.75) is 0 Å². The molecule has 0 atom stereocenters. The molecule has 0 aliphatic heterocycles. The molecular formula is C7H7F2NO. The normalized spacial score (nSPS) is 9.73. The number of rotatable bonds is 2. The Morgan fingerprint density at radius 1 is 1.27 bits per heavy atom. The van der Waals surface area contributed by atoms with Gasteiger partial charge in [0.25, 0.3) is 0 Å². The summed E-state index contributed by atoms with van der Waals surface area (Å²) >= 11 is 0. The van der Waals surface area contributed by atoms with Gasteiger partial charge in [0, 0.05) is 6.07 Å². The molecule has 2 nitrogen and oxygen atoms in total. The van der Waals surface area contributed by atoms with Gasteiger partial charge >= 0.3 is 0 Å². The van der Waals surface area contributed by atoms with Gasteiger partial charge in [0.15, 0.2) is 11.6 Å². The molecule has 4 heteroatoms. The lowest BCUT2D eigenvalue weighted by molar-refractivity contribution is 0.270. The minimum absolute atomic E-state index is 0.381. The molecule has 0 saturated heterocycles. The summed E-state index contributed by atoms with van der Waals surface area (Å²) in [6.07, 6.45) is 0. The van der Waals surface area contributed by atoms with Crippen molar-refractivity contribution in [3.8, 4) is 0 Å². The van der Waals surface area contributed by atoms with Gasteiger partial charge in [0.1, 0.15) is 0 Å². The highest BCUT2D eigenvalue weighted by Crippen LogP contribution is 2.12. The molecule has 0 fully saturated rings. The maximum absolute atomic E-state index is 12.4. The molecule has 0 aliphatic carbocycles. The van der Waals surface area contributed by atoms with Crippen LogP contribution in [-0.2, 0) is 4.84 Å². The van der Waals surface area contributed by atoms with Crippen molar-refractivity contribution in [1.29, 1.82) is 0 Å². The maximum atomic E-state index is 12.4. The molecule has 0 saturated carbocycles. The largest absolute Gasteiger partial charge is 0.279 e. The average molecular weight is 159 g/mol. The third kappa shape index (κ3) is 1.88. The Bertz CT molecular complexity index is 252. The molecule has 1 aromatic carbocycles. The molecular weight excluding hydrogens is 152 g/mol. The number of hydrogen-bond donors (Lipinski definition) is 1. The van der Waals surface area contributed by atoms with Crippen LogP contribution in [0.25, 0.3) is 0 Å². The Balaban J connectivity index is 2.86. The Kier molecular flexibility index (Phi) is 2.38. The fourth-order valence-electron chi connectivity index (χ4n) is 0.677. The third-order valence-corrected chi connectivity index (χ3v) is 1.14. The van der Waals surface area contributed by atoms with Crippen molar-refractivity contribution in [2.24, 2.45) is 0 Å². The van der Waals surface area contributed by atoms with Crippen molar-refractivity contribution in [2.75, 3.05) is 12.6 Å². The van der Waals surface area contributed by atoms with Gasteiger partial charge in [-0.3, -0.25) is 10.3 Å². The van der Waals surface area contributed by atoms with Gasteiger partial charge in [-0.25, -0.2) is 8.78 Å². The molecule has 0 amide bonds. The summed E-state index contributed by atoms with van der Waals surface area (Å²) in [7, 11) is 1.39. The van der Waals surface area contributed by atoms with E-state index in [1.54, 1.807) is 0 Å². The van der Waals surface area contributed by atoms with E-state index in [2.05, 4.69) is 10.3 Å². The zero-order valence-electron chi connectivity index (χ0n) is 5.90. The average Bonchev–Trinajstić information content (AvgIpc) is 1.98. The Morgan fingerprint density at radius 2 is 2.00 bits per heavy atom. The monoisotopic (exact) mass is 159 g/mol. The first-order chi connectivity index (χ1) is 5.24. The predicted octanol–water partition coefficient (Wildman–Crippen LogP) is 1.94. The molecule has 0 heterocycles. The second-order valence-electron chi connectivity index (χ2n) is 1.94. The topological polar surface area (TPSA) is 21.3 Å². The molecule has 60 valence electrons. The number of halogens is 2. The summed E-state index contributed by atoms with van der Waals surface area (Å²) in [6.45, 7) is 0. The molecule has 0 radical (unpaired) electrons. The van der Waals surface area contributed by atoms with E-state index in [0.717, 1.165) is 12.1 Å². The van der Waals surface area contributed by atoms with Crippen LogP contribution in [0, 0.1) is 11.6 Å². The van der Waals surface area contributed by atoms with Crippen LogP contribution < -0.4 is 5.48 Å². The van der Waals surface area contributed by atoms with Crippen molar-refractivity contribution < 1.29 is 13.6 Å². The van der Waals surface area contributed by atoms with E-state index in [9.17, 15) is 8.78 Å². The van der Waals surface area contributed by atoms with E-state index >= 15 is 0 Å². The van der Waals surface area contributed by atoms with E-state index in [1.807, 2.05) is 0 Å². The number of anilines is 1. The van der Waals surface area contributed by atoms with Crippen molar-refractivity contribution in [3.05, 3.63) is 29.8 Å². The first-order valence-electron chi connectivity index (χ1n) is 2.98. The summed E-state index contributed by atoms with van der Waals surface area (Å²) in [4.78, 5) is 4.48. The van der Waals surface area contributed by atoms with Crippen LogP contribution in [0.4, 0.5) is 14.5 Å². The van der Waals surface area contributed by atoms with E-state index < -0.39 is 11.6 Å². The van der Waals surface area contributed by atoms with Gasteiger partial charge in [0.2, 0.25) is 0 Å². The Labute approximate surface area is 62.7 Å². The van der Waals surface area contributed by atoms with Gasteiger partial charge in [0.05, 0.1) is 12.8 Å². The predicted molar refractivity (Wildman–Crippen MR) is 37.0 cm³/mol. The molecule has 0 bridgehead atoms. The van der Waals surface area contributed by atoms with Crippen molar-refractivity contribution >= 4 is 5.69 Å². The highest BCUT2D eigenvalue weighted by atomic mass is 19.2. The fourth-order valence-corrected chi connectivity index (χ4v) is 0.677. The van der Waals surface area contributed by atoms with E-state index in [1.165, 1.54) is 13.2 Å². The zero-order valence-corrected chi connectivity index (χ0v) is 5.90. The summed E-state index contributed by atoms with van der Waals surface area (Å²) in [5, 5.41) is 0. The lowest BCUT2D eigenvalue weighted by Gasteiger charge is -2.01. The van der Waals surface area contributed by atoms with Crippen LogP contribution in [0.2, 0.25) is 0 Å². The minimum Gasteiger partial charge on any atom is -0.279 e. The smallest absolute Gasteiger partial charge is 0.160 e. The van der Waals surface area contributed by atoms with Crippen LogP contribution in [0.3, 0.4) is 0 Å². The van der Waals surface area contributed by atoms with Gasteiger partial charge < -0.3 is 0 Å². The number of benzene rings is 1.